The number of nitrogens with zero attached hydrogens (tertiary/aromatic N) is 2. The van der Waals surface area contributed by atoms with Crippen LogP contribution in [0.4, 0.5) is 18.2 Å². The molecule has 0 fully saturated rings. The van der Waals surface area contributed by atoms with Gasteiger partial charge in [0.2, 0.25) is 5.91 Å². The lowest BCUT2D eigenvalue weighted by atomic mass is 10.1. The summed E-state index contributed by atoms with van der Waals surface area (Å²) in [5, 5.41) is 12.2. The van der Waals surface area contributed by atoms with Gasteiger partial charge in [0.25, 0.3) is 0 Å². The van der Waals surface area contributed by atoms with Crippen LogP contribution in [0.15, 0.2) is 11.1 Å². The van der Waals surface area contributed by atoms with Crippen molar-refractivity contribution in [3.05, 3.63) is 38.9 Å². The van der Waals surface area contributed by atoms with Crippen LogP contribution in [0.3, 0.4) is 0 Å². The largest absolute Gasteiger partial charge is 0.462 e. The molecule has 2 aromatic rings. The lowest BCUT2D eigenvalue weighted by Crippen LogP contribution is -2.17. The second-order valence-corrected chi connectivity index (χ2v) is 8.80. The van der Waals surface area contributed by atoms with E-state index in [9.17, 15) is 28.0 Å². The molecule has 1 aliphatic rings. The number of carbonyl (C=O) groups is 2. The second kappa shape index (κ2) is 9.28. The number of thioether (sulfide) groups is 1. The summed E-state index contributed by atoms with van der Waals surface area (Å²) in [6.45, 7) is 3.28. The SMILES string of the molecule is CCOC(=O)c1c(NC(=O)CSc2nc(C(F)(F)F)cc(C)c2C#N)sc2c1CCC2. The van der Waals surface area contributed by atoms with Crippen molar-refractivity contribution in [2.75, 3.05) is 17.7 Å². The van der Waals surface area contributed by atoms with Gasteiger partial charge in [-0.15, -0.1) is 11.3 Å². The van der Waals surface area contributed by atoms with Gasteiger partial charge in [-0.3, -0.25) is 4.79 Å². The first kappa shape index (κ1) is 23.1. The first-order valence-corrected chi connectivity index (χ1v) is 11.2. The average molecular weight is 470 g/mol. The smallest absolute Gasteiger partial charge is 0.433 e. The van der Waals surface area contributed by atoms with Crippen LogP contribution in [-0.4, -0.2) is 29.2 Å². The quantitative estimate of drug-likeness (QED) is 0.485. The minimum Gasteiger partial charge on any atom is -0.462 e. The number of anilines is 1. The summed E-state index contributed by atoms with van der Waals surface area (Å²) in [5.41, 5.74) is 0.239. The second-order valence-electron chi connectivity index (χ2n) is 6.73. The van der Waals surface area contributed by atoms with Gasteiger partial charge in [-0.2, -0.15) is 18.4 Å². The Morgan fingerprint density at radius 2 is 2.13 bits per heavy atom. The third kappa shape index (κ3) is 5.02. The van der Waals surface area contributed by atoms with Crippen molar-refractivity contribution in [2.24, 2.45) is 0 Å². The number of nitriles is 1. The summed E-state index contributed by atoms with van der Waals surface area (Å²) >= 11 is 2.05. The van der Waals surface area contributed by atoms with Crippen LogP contribution in [-0.2, 0) is 28.5 Å². The lowest BCUT2D eigenvalue weighted by Gasteiger charge is -2.12. The van der Waals surface area contributed by atoms with E-state index >= 15 is 0 Å². The van der Waals surface area contributed by atoms with Crippen LogP contribution in [0, 0.1) is 18.3 Å². The molecule has 0 saturated carbocycles. The highest BCUT2D eigenvalue weighted by Crippen LogP contribution is 2.40. The van der Waals surface area contributed by atoms with E-state index in [0.29, 0.717) is 10.6 Å². The van der Waals surface area contributed by atoms with E-state index in [1.165, 1.54) is 18.3 Å². The molecule has 0 bridgehead atoms. The Balaban J connectivity index is 1.78. The van der Waals surface area contributed by atoms with Crippen molar-refractivity contribution in [3.8, 4) is 6.07 Å². The van der Waals surface area contributed by atoms with Crippen LogP contribution in [0.1, 0.15) is 51.0 Å². The van der Waals surface area contributed by atoms with Crippen molar-refractivity contribution in [2.45, 2.75) is 44.3 Å². The Morgan fingerprint density at radius 1 is 1.39 bits per heavy atom. The van der Waals surface area contributed by atoms with E-state index in [0.717, 1.165) is 47.5 Å². The number of hydrogen-bond acceptors (Lipinski definition) is 7. The fraction of sp³-hybridized carbons (Fsp3) is 0.400. The fourth-order valence-electron chi connectivity index (χ4n) is 3.24. The highest BCUT2D eigenvalue weighted by Gasteiger charge is 2.34. The predicted molar refractivity (Wildman–Crippen MR) is 110 cm³/mol. The molecule has 6 nitrogen and oxygen atoms in total. The molecular weight excluding hydrogens is 451 g/mol. The summed E-state index contributed by atoms with van der Waals surface area (Å²) in [6.07, 6.45) is -2.20. The molecule has 31 heavy (non-hydrogen) atoms. The molecule has 0 unspecified atom stereocenters. The highest BCUT2D eigenvalue weighted by atomic mass is 32.2. The number of aromatic nitrogens is 1. The number of fused-ring (bicyclic) bond motifs is 1. The normalized spacial score (nSPS) is 12.9. The molecule has 0 spiro atoms. The molecule has 0 atom stereocenters. The zero-order chi connectivity index (χ0) is 22.8. The summed E-state index contributed by atoms with van der Waals surface area (Å²) in [7, 11) is 0. The fourth-order valence-corrected chi connectivity index (χ4v) is 5.38. The van der Waals surface area contributed by atoms with Crippen LogP contribution in [0.5, 0.6) is 0 Å². The molecule has 0 aromatic carbocycles. The summed E-state index contributed by atoms with van der Waals surface area (Å²) < 4.78 is 44.3. The number of nitrogens with one attached hydrogen (secondary N) is 1. The number of amides is 1. The topological polar surface area (TPSA) is 92.1 Å². The number of pyridine rings is 1. The summed E-state index contributed by atoms with van der Waals surface area (Å²) in [6, 6.07) is 2.65. The van der Waals surface area contributed by atoms with Gasteiger partial charge in [-0.05, 0) is 50.3 Å². The van der Waals surface area contributed by atoms with E-state index < -0.39 is 23.7 Å². The van der Waals surface area contributed by atoms with Gasteiger partial charge in [0.1, 0.15) is 21.8 Å². The van der Waals surface area contributed by atoms with Gasteiger partial charge in [-0.25, -0.2) is 9.78 Å². The van der Waals surface area contributed by atoms with Gasteiger partial charge in [-0.1, -0.05) is 11.8 Å². The van der Waals surface area contributed by atoms with Crippen molar-refractivity contribution in [1.29, 1.82) is 5.26 Å². The Hall–Kier alpha value is -2.58. The van der Waals surface area contributed by atoms with Gasteiger partial charge in [0.05, 0.1) is 23.5 Å². The van der Waals surface area contributed by atoms with Crippen molar-refractivity contribution in [1.82, 2.24) is 4.98 Å². The predicted octanol–water partition coefficient (Wildman–Crippen LogP) is 4.74. The Morgan fingerprint density at radius 3 is 2.77 bits per heavy atom. The molecule has 1 N–H and O–H groups in total. The number of alkyl halides is 3. The van der Waals surface area contributed by atoms with Crippen molar-refractivity contribution < 1.29 is 27.5 Å². The first-order valence-electron chi connectivity index (χ1n) is 9.38. The monoisotopic (exact) mass is 469 g/mol. The van der Waals surface area contributed by atoms with E-state index in [-0.39, 0.29) is 28.5 Å². The molecule has 164 valence electrons. The van der Waals surface area contributed by atoms with E-state index in [1.807, 2.05) is 6.07 Å². The minimum absolute atomic E-state index is 0.00638. The number of esters is 1. The third-order valence-corrected chi connectivity index (χ3v) is 6.76. The molecule has 1 amide bonds. The number of rotatable bonds is 6. The summed E-state index contributed by atoms with van der Waals surface area (Å²) in [4.78, 5) is 29.4. The van der Waals surface area contributed by atoms with Crippen molar-refractivity contribution in [3.63, 3.8) is 0 Å². The van der Waals surface area contributed by atoms with Crippen LogP contribution >= 0.6 is 23.1 Å². The van der Waals surface area contributed by atoms with E-state index in [1.54, 1.807) is 6.92 Å². The Bertz CT molecular complexity index is 1070. The Labute approximate surface area is 184 Å². The van der Waals surface area contributed by atoms with Gasteiger partial charge < -0.3 is 10.1 Å². The van der Waals surface area contributed by atoms with Crippen LogP contribution in [0.25, 0.3) is 0 Å². The number of thiophene rings is 1. The maximum atomic E-state index is 13.1. The molecule has 0 aliphatic heterocycles. The molecule has 2 aromatic heterocycles. The minimum atomic E-state index is -4.66. The maximum Gasteiger partial charge on any atom is 0.433 e. The molecule has 2 heterocycles. The van der Waals surface area contributed by atoms with Gasteiger partial charge in [0.15, 0.2) is 0 Å². The molecular formula is C20H18F3N3O3S2. The zero-order valence-corrected chi connectivity index (χ0v) is 18.3. The summed E-state index contributed by atoms with van der Waals surface area (Å²) in [5.74, 6) is -1.30. The molecule has 3 rings (SSSR count). The number of hydrogen-bond donors (Lipinski definition) is 1. The van der Waals surface area contributed by atoms with E-state index in [4.69, 9.17) is 4.74 Å². The molecule has 0 radical (unpaired) electrons. The lowest BCUT2D eigenvalue weighted by molar-refractivity contribution is -0.141. The first-order chi connectivity index (χ1) is 14.7. The molecule has 11 heteroatoms. The van der Waals surface area contributed by atoms with Crippen LogP contribution in [0.2, 0.25) is 0 Å². The number of halogens is 3. The van der Waals surface area contributed by atoms with Crippen molar-refractivity contribution >= 4 is 40.0 Å². The number of ether oxygens (including phenoxy) is 1. The maximum absolute atomic E-state index is 13.1. The average Bonchev–Trinajstić information content (AvgIpc) is 3.26. The van der Waals surface area contributed by atoms with E-state index in [2.05, 4.69) is 10.3 Å². The van der Waals surface area contributed by atoms with Gasteiger partial charge in [0, 0.05) is 4.88 Å². The third-order valence-electron chi connectivity index (χ3n) is 4.58. The van der Waals surface area contributed by atoms with Crippen LogP contribution < -0.4 is 5.32 Å². The number of carbonyl (C=O) groups excluding carboxylic acids is 2. The molecule has 1 aliphatic carbocycles. The standard InChI is InChI=1S/C20H18F3N3O3S2/c1-3-29-19(28)16-11-5-4-6-13(11)31-18(16)26-15(27)9-30-17-12(8-24)10(2)7-14(25-17)20(21,22)23/h7H,3-6,9H2,1-2H3,(H,26,27). The zero-order valence-electron chi connectivity index (χ0n) is 16.7. The van der Waals surface area contributed by atoms with Gasteiger partial charge >= 0.3 is 12.1 Å². The Kier molecular flexibility index (Phi) is 6.91. The molecule has 0 saturated heterocycles. The highest BCUT2D eigenvalue weighted by molar-refractivity contribution is 8.00. The number of aryl methyl sites for hydroxylation is 2.